The SMILES string of the molecule is COc1ccc(CNC(=O)CCc2ccc(OC)c(OC)c2OC)cc1OC. The molecule has 0 aromatic heterocycles. The molecule has 7 heteroatoms. The highest BCUT2D eigenvalue weighted by molar-refractivity contribution is 5.76. The van der Waals surface area contributed by atoms with Crippen LogP contribution in [0, 0.1) is 0 Å². The second-order valence-corrected chi connectivity index (χ2v) is 5.96. The molecule has 152 valence electrons. The molecule has 0 radical (unpaired) electrons. The first-order valence-corrected chi connectivity index (χ1v) is 8.83. The van der Waals surface area contributed by atoms with Crippen LogP contribution in [0.2, 0.25) is 0 Å². The number of aryl methyl sites for hydroxylation is 1. The number of benzene rings is 2. The van der Waals surface area contributed by atoms with Crippen LogP contribution in [0.3, 0.4) is 0 Å². The Kier molecular flexibility index (Phi) is 7.80. The monoisotopic (exact) mass is 389 g/mol. The zero-order valence-electron chi connectivity index (χ0n) is 17.0. The summed E-state index contributed by atoms with van der Waals surface area (Å²) >= 11 is 0. The predicted octanol–water partition coefficient (Wildman–Crippen LogP) is 2.98. The minimum Gasteiger partial charge on any atom is -0.493 e. The van der Waals surface area contributed by atoms with Crippen molar-refractivity contribution in [2.24, 2.45) is 0 Å². The molecule has 7 nitrogen and oxygen atoms in total. The molecule has 1 amide bonds. The summed E-state index contributed by atoms with van der Waals surface area (Å²) in [4.78, 5) is 12.3. The van der Waals surface area contributed by atoms with Crippen molar-refractivity contribution < 1.29 is 28.5 Å². The maximum atomic E-state index is 12.3. The fraction of sp³-hybridized carbons (Fsp3) is 0.381. The van der Waals surface area contributed by atoms with Crippen LogP contribution >= 0.6 is 0 Å². The molecule has 0 saturated carbocycles. The van der Waals surface area contributed by atoms with E-state index in [2.05, 4.69) is 5.32 Å². The number of hydrogen-bond acceptors (Lipinski definition) is 6. The Labute approximate surface area is 165 Å². The number of amides is 1. The van der Waals surface area contributed by atoms with E-state index >= 15 is 0 Å². The van der Waals surface area contributed by atoms with Gasteiger partial charge >= 0.3 is 0 Å². The van der Waals surface area contributed by atoms with Crippen LogP contribution in [-0.2, 0) is 17.8 Å². The van der Waals surface area contributed by atoms with Crippen molar-refractivity contribution in [3.63, 3.8) is 0 Å². The minimum atomic E-state index is -0.0633. The van der Waals surface area contributed by atoms with Gasteiger partial charge in [0.25, 0.3) is 0 Å². The Morgan fingerprint density at radius 2 is 1.43 bits per heavy atom. The summed E-state index contributed by atoms with van der Waals surface area (Å²) in [5.74, 6) is 2.90. The van der Waals surface area contributed by atoms with Gasteiger partial charge in [0.2, 0.25) is 11.7 Å². The van der Waals surface area contributed by atoms with Crippen molar-refractivity contribution in [3.05, 3.63) is 41.5 Å². The first kappa shape index (κ1) is 21.2. The van der Waals surface area contributed by atoms with Gasteiger partial charge in [0, 0.05) is 13.0 Å². The lowest BCUT2D eigenvalue weighted by molar-refractivity contribution is -0.121. The highest BCUT2D eigenvalue weighted by atomic mass is 16.5. The van der Waals surface area contributed by atoms with Crippen molar-refractivity contribution in [1.82, 2.24) is 5.32 Å². The maximum Gasteiger partial charge on any atom is 0.220 e. The predicted molar refractivity (Wildman–Crippen MR) is 106 cm³/mol. The molecular formula is C21H27NO6. The number of rotatable bonds is 10. The van der Waals surface area contributed by atoms with Crippen LogP contribution in [0.1, 0.15) is 17.5 Å². The Morgan fingerprint density at radius 1 is 0.786 bits per heavy atom. The van der Waals surface area contributed by atoms with Crippen LogP contribution < -0.4 is 29.0 Å². The van der Waals surface area contributed by atoms with Crippen molar-refractivity contribution in [1.29, 1.82) is 0 Å². The van der Waals surface area contributed by atoms with Gasteiger partial charge in [0.05, 0.1) is 35.5 Å². The van der Waals surface area contributed by atoms with E-state index in [0.717, 1.165) is 11.1 Å². The van der Waals surface area contributed by atoms with Gasteiger partial charge in [-0.1, -0.05) is 12.1 Å². The Hall–Kier alpha value is -3.09. The molecule has 1 N–H and O–H groups in total. The number of hydrogen-bond donors (Lipinski definition) is 1. The molecule has 0 unspecified atom stereocenters. The molecule has 2 aromatic carbocycles. The van der Waals surface area contributed by atoms with Crippen LogP contribution in [0.5, 0.6) is 28.7 Å². The van der Waals surface area contributed by atoms with Crippen molar-refractivity contribution >= 4 is 5.91 Å². The van der Waals surface area contributed by atoms with Crippen LogP contribution in [0.4, 0.5) is 0 Å². The van der Waals surface area contributed by atoms with Gasteiger partial charge in [-0.05, 0) is 35.7 Å². The molecule has 2 rings (SSSR count). The standard InChI is InChI=1S/C21H27NO6/c1-24-16-9-6-14(12-18(16)26-3)13-22-19(23)11-8-15-7-10-17(25-2)21(28-5)20(15)27-4/h6-7,9-10,12H,8,11,13H2,1-5H3,(H,22,23). The van der Waals surface area contributed by atoms with E-state index in [4.69, 9.17) is 23.7 Å². The summed E-state index contributed by atoms with van der Waals surface area (Å²) in [7, 11) is 7.86. The molecule has 28 heavy (non-hydrogen) atoms. The first-order valence-electron chi connectivity index (χ1n) is 8.83. The summed E-state index contributed by atoms with van der Waals surface area (Å²) < 4.78 is 26.6. The van der Waals surface area contributed by atoms with Crippen LogP contribution in [0.25, 0.3) is 0 Å². The zero-order chi connectivity index (χ0) is 20.5. The van der Waals surface area contributed by atoms with Crippen molar-refractivity contribution in [2.45, 2.75) is 19.4 Å². The van der Waals surface area contributed by atoms with Gasteiger partial charge < -0.3 is 29.0 Å². The molecule has 0 atom stereocenters. The third kappa shape index (κ3) is 5.00. The summed E-state index contributed by atoms with van der Waals surface area (Å²) in [5, 5.41) is 2.91. The second kappa shape index (κ2) is 10.3. The molecule has 0 heterocycles. The van der Waals surface area contributed by atoms with Crippen molar-refractivity contribution in [3.8, 4) is 28.7 Å². The molecule has 0 aliphatic heterocycles. The van der Waals surface area contributed by atoms with E-state index in [0.29, 0.717) is 48.1 Å². The number of nitrogens with one attached hydrogen (secondary N) is 1. The zero-order valence-corrected chi connectivity index (χ0v) is 17.0. The van der Waals surface area contributed by atoms with Crippen LogP contribution in [0.15, 0.2) is 30.3 Å². The third-order valence-electron chi connectivity index (χ3n) is 4.34. The lowest BCUT2D eigenvalue weighted by Gasteiger charge is -2.15. The molecule has 0 spiro atoms. The number of carbonyl (C=O) groups excluding carboxylic acids is 1. The fourth-order valence-corrected chi connectivity index (χ4v) is 2.89. The van der Waals surface area contributed by atoms with Gasteiger partial charge in [0.1, 0.15) is 0 Å². The molecule has 0 fully saturated rings. The van der Waals surface area contributed by atoms with E-state index in [-0.39, 0.29) is 5.91 Å². The first-order chi connectivity index (χ1) is 13.6. The number of carbonyl (C=O) groups is 1. The van der Waals surface area contributed by atoms with E-state index in [9.17, 15) is 4.79 Å². The van der Waals surface area contributed by atoms with Gasteiger partial charge in [-0.2, -0.15) is 0 Å². The number of methoxy groups -OCH3 is 5. The van der Waals surface area contributed by atoms with Gasteiger partial charge in [-0.15, -0.1) is 0 Å². The summed E-state index contributed by atoms with van der Waals surface area (Å²) in [5.41, 5.74) is 1.80. The molecule has 0 aliphatic rings. The molecular weight excluding hydrogens is 362 g/mol. The average Bonchev–Trinajstić information content (AvgIpc) is 2.74. The van der Waals surface area contributed by atoms with Gasteiger partial charge in [-0.3, -0.25) is 4.79 Å². The topological polar surface area (TPSA) is 75.3 Å². The summed E-state index contributed by atoms with van der Waals surface area (Å²) in [6, 6.07) is 9.23. The smallest absolute Gasteiger partial charge is 0.220 e. The maximum absolute atomic E-state index is 12.3. The lowest BCUT2D eigenvalue weighted by Crippen LogP contribution is -2.23. The molecule has 2 aromatic rings. The lowest BCUT2D eigenvalue weighted by atomic mass is 10.1. The Bertz CT molecular complexity index is 806. The van der Waals surface area contributed by atoms with Gasteiger partial charge in [0.15, 0.2) is 23.0 Å². The highest BCUT2D eigenvalue weighted by Gasteiger charge is 2.16. The molecule has 0 saturated heterocycles. The Morgan fingerprint density at radius 3 is 2.04 bits per heavy atom. The fourth-order valence-electron chi connectivity index (χ4n) is 2.89. The van der Waals surface area contributed by atoms with Crippen LogP contribution in [-0.4, -0.2) is 41.5 Å². The number of ether oxygens (including phenoxy) is 5. The van der Waals surface area contributed by atoms with Gasteiger partial charge in [-0.25, -0.2) is 0 Å². The summed E-state index contributed by atoms with van der Waals surface area (Å²) in [6.07, 6.45) is 0.834. The van der Waals surface area contributed by atoms with E-state index < -0.39 is 0 Å². The average molecular weight is 389 g/mol. The normalized spacial score (nSPS) is 10.2. The molecule has 0 bridgehead atoms. The van der Waals surface area contributed by atoms with E-state index in [1.165, 1.54) is 0 Å². The summed E-state index contributed by atoms with van der Waals surface area (Å²) in [6.45, 7) is 0.405. The Balaban J connectivity index is 1.98. The quantitative estimate of drug-likeness (QED) is 0.673. The largest absolute Gasteiger partial charge is 0.493 e. The highest BCUT2D eigenvalue weighted by Crippen LogP contribution is 2.40. The minimum absolute atomic E-state index is 0.0633. The van der Waals surface area contributed by atoms with E-state index in [1.54, 1.807) is 41.6 Å². The van der Waals surface area contributed by atoms with Crippen molar-refractivity contribution in [2.75, 3.05) is 35.5 Å². The second-order valence-electron chi connectivity index (χ2n) is 5.96. The third-order valence-corrected chi connectivity index (χ3v) is 4.34. The molecule has 0 aliphatic carbocycles. The van der Waals surface area contributed by atoms with E-state index in [1.807, 2.05) is 24.3 Å².